The van der Waals surface area contributed by atoms with Crippen LogP contribution in [0.15, 0.2) is 23.6 Å². The predicted octanol–water partition coefficient (Wildman–Crippen LogP) is 3.67. The van der Waals surface area contributed by atoms with Gasteiger partial charge >= 0.3 is 5.97 Å². The number of benzene rings is 1. The molecule has 21 heavy (non-hydrogen) atoms. The van der Waals surface area contributed by atoms with Crippen LogP contribution in [0.4, 0.5) is 0 Å². The van der Waals surface area contributed by atoms with E-state index in [1.807, 2.05) is 30.5 Å². The van der Waals surface area contributed by atoms with E-state index in [1.54, 1.807) is 0 Å². The minimum Gasteiger partial charge on any atom is -0.490 e. The van der Waals surface area contributed by atoms with Crippen LogP contribution in [0.2, 0.25) is 0 Å². The van der Waals surface area contributed by atoms with Crippen molar-refractivity contribution in [2.45, 2.75) is 13.3 Å². The summed E-state index contributed by atoms with van der Waals surface area (Å²) in [5, 5.41) is 1.96. The third-order valence-electron chi connectivity index (χ3n) is 3.38. The lowest BCUT2D eigenvalue weighted by Crippen LogP contribution is -2.00. The smallest absolute Gasteiger partial charge is 0.348 e. The molecule has 1 aromatic heterocycles. The average molecular weight is 304 g/mol. The Morgan fingerprint density at radius 1 is 1.24 bits per heavy atom. The van der Waals surface area contributed by atoms with Crippen LogP contribution in [-0.2, 0) is 4.74 Å². The number of methoxy groups -OCH3 is 1. The van der Waals surface area contributed by atoms with Gasteiger partial charge in [0.15, 0.2) is 11.5 Å². The molecule has 1 aliphatic rings. The molecular formula is C16H16O4S. The number of thiophene rings is 1. The van der Waals surface area contributed by atoms with Gasteiger partial charge in [0.05, 0.1) is 20.3 Å². The number of esters is 1. The molecule has 0 unspecified atom stereocenters. The highest BCUT2D eigenvalue weighted by molar-refractivity contribution is 7.12. The van der Waals surface area contributed by atoms with E-state index in [1.165, 1.54) is 18.4 Å². The normalized spacial score (nSPS) is 13.6. The lowest BCUT2D eigenvalue weighted by Gasteiger charge is -2.10. The van der Waals surface area contributed by atoms with Gasteiger partial charge in [0.25, 0.3) is 0 Å². The second-order valence-electron chi connectivity index (χ2n) is 4.83. The summed E-state index contributed by atoms with van der Waals surface area (Å²) in [4.78, 5) is 12.5. The first kappa shape index (κ1) is 13.9. The standard InChI is InChI=1S/C16H16O4S/c1-10-9-21-15(16(17)18-2)14(10)11-4-5-12-13(8-11)20-7-3-6-19-12/h4-5,8-9H,3,6-7H2,1-2H3. The maximum atomic E-state index is 11.9. The molecule has 3 rings (SSSR count). The largest absolute Gasteiger partial charge is 0.490 e. The number of hydrogen-bond donors (Lipinski definition) is 0. The lowest BCUT2D eigenvalue weighted by molar-refractivity contribution is 0.0607. The van der Waals surface area contributed by atoms with E-state index in [9.17, 15) is 4.79 Å². The number of aryl methyl sites for hydroxylation is 1. The van der Waals surface area contributed by atoms with Gasteiger partial charge in [-0.25, -0.2) is 4.79 Å². The minimum absolute atomic E-state index is 0.310. The molecule has 1 aromatic carbocycles. The van der Waals surface area contributed by atoms with Gasteiger partial charge in [-0.3, -0.25) is 0 Å². The Kier molecular flexibility index (Phi) is 3.84. The summed E-state index contributed by atoms with van der Waals surface area (Å²) in [6.07, 6.45) is 0.870. The van der Waals surface area contributed by atoms with Gasteiger partial charge < -0.3 is 14.2 Å². The maximum absolute atomic E-state index is 11.9. The molecule has 4 nitrogen and oxygen atoms in total. The number of hydrogen-bond acceptors (Lipinski definition) is 5. The van der Waals surface area contributed by atoms with Crippen molar-refractivity contribution in [3.05, 3.63) is 34.0 Å². The molecule has 0 bridgehead atoms. The number of rotatable bonds is 2. The molecule has 1 aliphatic heterocycles. The van der Waals surface area contributed by atoms with Crippen LogP contribution in [0.1, 0.15) is 21.7 Å². The molecule has 0 atom stereocenters. The van der Waals surface area contributed by atoms with Crippen molar-refractivity contribution < 1.29 is 19.0 Å². The summed E-state index contributed by atoms with van der Waals surface area (Å²) in [5.74, 6) is 1.17. The van der Waals surface area contributed by atoms with Crippen LogP contribution < -0.4 is 9.47 Å². The summed E-state index contributed by atoms with van der Waals surface area (Å²) in [6.45, 7) is 3.29. The predicted molar refractivity (Wildman–Crippen MR) is 81.4 cm³/mol. The summed E-state index contributed by atoms with van der Waals surface area (Å²) < 4.78 is 16.2. The molecule has 2 aromatic rings. The molecule has 5 heteroatoms. The third-order valence-corrected chi connectivity index (χ3v) is 4.46. The zero-order valence-corrected chi connectivity index (χ0v) is 12.8. The van der Waals surface area contributed by atoms with Crippen LogP contribution in [-0.4, -0.2) is 26.3 Å². The highest BCUT2D eigenvalue weighted by Gasteiger charge is 2.20. The van der Waals surface area contributed by atoms with Crippen molar-refractivity contribution in [2.24, 2.45) is 0 Å². The zero-order chi connectivity index (χ0) is 14.8. The van der Waals surface area contributed by atoms with E-state index in [2.05, 4.69) is 0 Å². The van der Waals surface area contributed by atoms with Crippen molar-refractivity contribution in [3.63, 3.8) is 0 Å². The quantitative estimate of drug-likeness (QED) is 0.794. The third kappa shape index (κ3) is 2.61. The number of fused-ring (bicyclic) bond motifs is 1. The van der Waals surface area contributed by atoms with E-state index < -0.39 is 0 Å². The molecule has 0 spiro atoms. The fourth-order valence-electron chi connectivity index (χ4n) is 2.36. The zero-order valence-electron chi connectivity index (χ0n) is 12.0. The van der Waals surface area contributed by atoms with Gasteiger partial charge in [-0.2, -0.15) is 0 Å². The van der Waals surface area contributed by atoms with E-state index in [4.69, 9.17) is 14.2 Å². The number of carbonyl (C=O) groups is 1. The average Bonchev–Trinajstić information content (AvgIpc) is 2.73. The van der Waals surface area contributed by atoms with Gasteiger partial charge in [-0.05, 0) is 35.6 Å². The summed E-state index contributed by atoms with van der Waals surface area (Å²) >= 11 is 1.40. The van der Waals surface area contributed by atoms with E-state index >= 15 is 0 Å². The Hall–Kier alpha value is -2.01. The molecule has 2 heterocycles. The second kappa shape index (κ2) is 5.77. The SMILES string of the molecule is COC(=O)c1scc(C)c1-c1ccc2c(c1)OCCCO2. The Bertz CT molecular complexity index is 675. The van der Waals surface area contributed by atoms with Crippen molar-refractivity contribution in [2.75, 3.05) is 20.3 Å². The monoisotopic (exact) mass is 304 g/mol. The van der Waals surface area contributed by atoms with Crippen LogP contribution in [0.5, 0.6) is 11.5 Å². The topological polar surface area (TPSA) is 44.8 Å². The van der Waals surface area contributed by atoms with Crippen LogP contribution >= 0.6 is 11.3 Å². The number of carbonyl (C=O) groups excluding carboxylic acids is 1. The van der Waals surface area contributed by atoms with E-state index in [-0.39, 0.29) is 5.97 Å². The van der Waals surface area contributed by atoms with Crippen molar-refractivity contribution >= 4 is 17.3 Å². The highest BCUT2D eigenvalue weighted by atomic mass is 32.1. The molecule has 0 aliphatic carbocycles. The lowest BCUT2D eigenvalue weighted by atomic mass is 10.0. The van der Waals surface area contributed by atoms with Crippen molar-refractivity contribution in [1.29, 1.82) is 0 Å². The number of ether oxygens (including phenoxy) is 3. The fraction of sp³-hybridized carbons (Fsp3) is 0.312. The summed E-state index contributed by atoms with van der Waals surface area (Å²) in [6, 6.07) is 5.78. The molecule has 0 saturated heterocycles. The summed E-state index contributed by atoms with van der Waals surface area (Å²) in [5.41, 5.74) is 2.90. The molecular weight excluding hydrogens is 288 g/mol. The van der Waals surface area contributed by atoms with Crippen LogP contribution in [0, 0.1) is 6.92 Å². The van der Waals surface area contributed by atoms with Crippen LogP contribution in [0.25, 0.3) is 11.1 Å². The fourth-order valence-corrected chi connectivity index (χ4v) is 3.35. The van der Waals surface area contributed by atoms with Crippen LogP contribution in [0.3, 0.4) is 0 Å². The first-order valence-corrected chi connectivity index (χ1v) is 7.65. The van der Waals surface area contributed by atoms with E-state index in [0.717, 1.165) is 34.6 Å². The van der Waals surface area contributed by atoms with Gasteiger partial charge in [0.2, 0.25) is 0 Å². The van der Waals surface area contributed by atoms with Gasteiger partial charge in [-0.1, -0.05) is 6.07 Å². The first-order valence-electron chi connectivity index (χ1n) is 6.77. The maximum Gasteiger partial charge on any atom is 0.348 e. The molecule has 0 saturated carbocycles. The minimum atomic E-state index is -0.310. The molecule has 0 fully saturated rings. The summed E-state index contributed by atoms with van der Waals surface area (Å²) in [7, 11) is 1.40. The highest BCUT2D eigenvalue weighted by Crippen LogP contribution is 2.38. The van der Waals surface area contributed by atoms with Crippen molar-refractivity contribution in [3.8, 4) is 22.6 Å². The molecule has 110 valence electrons. The van der Waals surface area contributed by atoms with Gasteiger partial charge in [-0.15, -0.1) is 11.3 Å². The van der Waals surface area contributed by atoms with Crippen molar-refractivity contribution in [1.82, 2.24) is 0 Å². The second-order valence-corrected chi connectivity index (χ2v) is 5.71. The van der Waals surface area contributed by atoms with Gasteiger partial charge in [0, 0.05) is 12.0 Å². The Morgan fingerprint density at radius 2 is 2.00 bits per heavy atom. The van der Waals surface area contributed by atoms with E-state index in [0.29, 0.717) is 18.1 Å². The molecule has 0 N–H and O–H groups in total. The molecule has 0 radical (unpaired) electrons. The Morgan fingerprint density at radius 3 is 2.76 bits per heavy atom. The Balaban J connectivity index is 2.07. The van der Waals surface area contributed by atoms with Gasteiger partial charge in [0.1, 0.15) is 4.88 Å². The first-order chi connectivity index (χ1) is 10.2. The Labute approximate surface area is 127 Å². The molecule has 0 amide bonds.